The maximum Gasteiger partial charge on any atom is 0.293 e. The highest BCUT2D eigenvalue weighted by molar-refractivity contribution is 5.86. The number of benzene rings is 2. The molecule has 26 heavy (non-hydrogen) atoms. The van der Waals surface area contributed by atoms with E-state index in [1.54, 1.807) is 0 Å². The molecule has 1 unspecified atom stereocenters. The van der Waals surface area contributed by atoms with E-state index >= 15 is 0 Å². The molecule has 134 valence electrons. The smallest absolute Gasteiger partial charge is 0.293 e. The zero-order chi connectivity index (χ0) is 18.7. The molecular weight excluding hydrogens is 336 g/mol. The van der Waals surface area contributed by atoms with Crippen LogP contribution in [-0.4, -0.2) is 21.5 Å². The number of anilines is 1. The number of rotatable bonds is 6. The molecule has 0 fully saturated rings. The summed E-state index contributed by atoms with van der Waals surface area (Å²) >= 11 is 0. The average molecular weight is 354 g/mol. The van der Waals surface area contributed by atoms with Crippen molar-refractivity contribution < 1.29 is 9.66 Å². The number of aromatic amines is 1. The van der Waals surface area contributed by atoms with Crippen LogP contribution in [0.25, 0.3) is 10.9 Å². The molecule has 8 nitrogen and oxygen atoms in total. The van der Waals surface area contributed by atoms with E-state index in [1.807, 2.05) is 38.1 Å². The van der Waals surface area contributed by atoms with Crippen molar-refractivity contribution in [3.05, 3.63) is 68.8 Å². The van der Waals surface area contributed by atoms with E-state index in [-0.39, 0.29) is 17.1 Å². The molecule has 1 aromatic heterocycles. The van der Waals surface area contributed by atoms with Gasteiger partial charge in [-0.2, -0.15) is 0 Å². The summed E-state index contributed by atoms with van der Waals surface area (Å²) in [5.41, 5.74) is 1.06. The molecule has 0 saturated carbocycles. The van der Waals surface area contributed by atoms with Crippen LogP contribution >= 0.6 is 0 Å². The van der Waals surface area contributed by atoms with Crippen molar-refractivity contribution in [3.8, 4) is 5.75 Å². The zero-order valence-electron chi connectivity index (χ0n) is 14.4. The molecule has 2 aromatic carbocycles. The predicted molar refractivity (Wildman–Crippen MR) is 98.7 cm³/mol. The number of nitrogens with one attached hydrogen (secondary N) is 2. The van der Waals surface area contributed by atoms with Gasteiger partial charge in [-0.05, 0) is 37.6 Å². The number of nitro benzene ring substituents is 1. The molecule has 0 saturated heterocycles. The molecule has 0 amide bonds. The van der Waals surface area contributed by atoms with Crippen LogP contribution in [0, 0.1) is 10.1 Å². The quantitative estimate of drug-likeness (QED) is 0.518. The van der Waals surface area contributed by atoms with Crippen molar-refractivity contribution in [2.45, 2.75) is 19.9 Å². The van der Waals surface area contributed by atoms with Crippen LogP contribution < -0.4 is 15.6 Å². The fourth-order valence-corrected chi connectivity index (χ4v) is 2.71. The summed E-state index contributed by atoms with van der Waals surface area (Å²) in [6, 6.07) is 10.1. The Kier molecular flexibility index (Phi) is 4.83. The van der Waals surface area contributed by atoms with E-state index in [9.17, 15) is 14.9 Å². The van der Waals surface area contributed by atoms with Crippen LogP contribution in [-0.2, 0) is 0 Å². The van der Waals surface area contributed by atoms with Gasteiger partial charge in [-0.1, -0.05) is 12.1 Å². The maximum absolute atomic E-state index is 11.8. The SMILES string of the molecule is CCOc1ccc(C(C)Nc2cc3nc[nH]c(=O)c3cc2[N+](=O)[O-])cc1. The maximum atomic E-state index is 11.8. The van der Waals surface area contributed by atoms with E-state index in [2.05, 4.69) is 15.3 Å². The molecule has 1 heterocycles. The molecular formula is C18H18N4O4. The first-order valence-corrected chi connectivity index (χ1v) is 8.14. The molecule has 3 rings (SSSR count). The van der Waals surface area contributed by atoms with Gasteiger partial charge in [0.25, 0.3) is 11.2 Å². The number of hydrogen-bond acceptors (Lipinski definition) is 6. The first-order valence-electron chi connectivity index (χ1n) is 8.14. The summed E-state index contributed by atoms with van der Waals surface area (Å²) in [5.74, 6) is 0.767. The van der Waals surface area contributed by atoms with Gasteiger partial charge in [-0.3, -0.25) is 14.9 Å². The van der Waals surface area contributed by atoms with Crippen LogP contribution in [0.4, 0.5) is 11.4 Å². The van der Waals surface area contributed by atoms with Gasteiger partial charge in [0.1, 0.15) is 11.4 Å². The third-order valence-electron chi connectivity index (χ3n) is 4.02. The van der Waals surface area contributed by atoms with Crippen molar-refractivity contribution in [1.29, 1.82) is 0 Å². The van der Waals surface area contributed by atoms with Gasteiger partial charge < -0.3 is 15.0 Å². The number of nitrogens with zero attached hydrogens (tertiary/aromatic N) is 2. The molecule has 0 radical (unpaired) electrons. The molecule has 8 heteroatoms. The van der Waals surface area contributed by atoms with E-state index in [4.69, 9.17) is 4.74 Å². The third kappa shape index (κ3) is 3.49. The van der Waals surface area contributed by atoms with Gasteiger partial charge in [-0.15, -0.1) is 0 Å². The van der Waals surface area contributed by atoms with Crippen molar-refractivity contribution in [1.82, 2.24) is 9.97 Å². The molecule has 1 atom stereocenters. The highest BCUT2D eigenvalue weighted by Gasteiger charge is 2.19. The lowest BCUT2D eigenvalue weighted by molar-refractivity contribution is -0.383. The van der Waals surface area contributed by atoms with Gasteiger partial charge >= 0.3 is 0 Å². The first-order chi connectivity index (χ1) is 12.5. The Hall–Kier alpha value is -3.42. The average Bonchev–Trinajstić information content (AvgIpc) is 2.62. The molecule has 2 N–H and O–H groups in total. The first kappa shape index (κ1) is 17.4. The zero-order valence-corrected chi connectivity index (χ0v) is 14.4. The summed E-state index contributed by atoms with van der Waals surface area (Å²) in [6.07, 6.45) is 1.27. The van der Waals surface area contributed by atoms with Gasteiger partial charge in [-0.25, -0.2) is 4.98 Å². The van der Waals surface area contributed by atoms with E-state index in [1.165, 1.54) is 18.5 Å². The number of aromatic nitrogens is 2. The van der Waals surface area contributed by atoms with Crippen LogP contribution in [0.3, 0.4) is 0 Å². The van der Waals surface area contributed by atoms with Crippen LogP contribution in [0.1, 0.15) is 25.5 Å². The van der Waals surface area contributed by atoms with Gasteiger partial charge in [0.2, 0.25) is 0 Å². The van der Waals surface area contributed by atoms with E-state index in [0.717, 1.165) is 11.3 Å². The second-order valence-corrected chi connectivity index (χ2v) is 5.74. The van der Waals surface area contributed by atoms with E-state index < -0.39 is 10.5 Å². The lowest BCUT2D eigenvalue weighted by Gasteiger charge is -2.16. The lowest BCUT2D eigenvalue weighted by atomic mass is 10.1. The minimum atomic E-state index is -0.515. The predicted octanol–water partition coefficient (Wildman–Crippen LogP) is 3.40. The Balaban J connectivity index is 1.95. The minimum Gasteiger partial charge on any atom is -0.494 e. The Labute approximate surface area is 149 Å². The van der Waals surface area contributed by atoms with Crippen molar-refractivity contribution in [3.63, 3.8) is 0 Å². The molecule has 0 aliphatic rings. The van der Waals surface area contributed by atoms with Crippen LogP contribution in [0.5, 0.6) is 5.75 Å². The molecule has 0 aliphatic carbocycles. The lowest BCUT2D eigenvalue weighted by Crippen LogP contribution is -2.11. The van der Waals surface area contributed by atoms with Crippen molar-refractivity contribution >= 4 is 22.3 Å². The minimum absolute atomic E-state index is 0.172. The number of hydrogen-bond donors (Lipinski definition) is 2. The topological polar surface area (TPSA) is 110 Å². The van der Waals surface area contributed by atoms with Crippen molar-refractivity contribution in [2.24, 2.45) is 0 Å². The summed E-state index contributed by atoms with van der Waals surface area (Å²) in [4.78, 5) is 29.3. The van der Waals surface area contributed by atoms with Crippen molar-refractivity contribution in [2.75, 3.05) is 11.9 Å². The summed E-state index contributed by atoms with van der Waals surface area (Å²) in [7, 11) is 0. The summed E-state index contributed by atoms with van der Waals surface area (Å²) in [5, 5.41) is 14.7. The number of fused-ring (bicyclic) bond motifs is 1. The van der Waals surface area contributed by atoms with Crippen LogP contribution in [0.2, 0.25) is 0 Å². The number of nitro groups is 1. The fraction of sp³-hybridized carbons (Fsp3) is 0.222. The summed E-state index contributed by atoms with van der Waals surface area (Å²) < 4.78 is 5.42. The number of H-pyrrole nitrogens is 1. The standard InChI is InChI=1S/C18H18N4O4/c1-3-26-13-6-4-12(5-7-13)11(2)21-16-9-15-14(8-17(16)22(24)25)18(23)20-10-19-15/h4-11,21H,3H2,1-2H3,(H,19,20,23). The molecule has 0 aliphatic heterocycles. The Bertz CT molecular complexity index is 998. The van der Waals surface area contributed by atoms with Gasteiger partial charge in [0, 0.05) is 12.1 Å². The number of ether oxygens (including phenoxy) is 1. The Morgan fingerprint density at radius 2 is 2.04 bits per heavy atom. The fourth-order valence-electron chi connectivity index (χ4n) is 2.71. The second kappa shape index (κ2) is 7.22. The summed E-state index contributed by atoms with van der Waals surface area (Å²) in [6.45, 7) is 4.40. The Morgan fingerprint density at radius 1 is 1.31 bits per heavy atom. The van der Waals surface area contributed by atoms with Gasteiger partial charge in [0.15, 0.2) is 0 Å². The van der Waals surface area contributed by atoms with Crippen LogP contribution in [0.15, 0.2) is 47.5 Å². The molecule has 3 aromatic rings. The molecule has 0 bridgehead atoms. The highest BCUT2D eigenvalue weighted by Crippen LogP contribution is 2.31. The van der Waals surface area contributed by atoms with E-state index in [0.29, 0.717) is 17.8 Å². The second-order valence-electron chi connectivity index (χ2n) is 5.74. The normalized spacial score (nSPS) is 11.9. The third-order valence-corrected chi connectivity index (χ3v) is 4.02. The largest absolute Gasteiger partial charge is 0.494 e. The monoisotopic (exact) mass is 354 g/mol. The Morgan fingerprint density at radius 3 is 2.69 bits per heavy atom. The molecule has 0 spiro atoms. The van der Waals surface area contributed by atoms with Gasteiger partial charge in [0.05, 0.1) is 28.8 Å². The highest BCUT2D eigenvalue weighted by atomic mass is 16.6.